The maximum absolute atomic E-state index is 12.9. The zero-order valence-electron chi connectivity index (χ0n) is 16.4. The average molecular weight is 397 g/mol. The smallest absolute Gasteiger partial charge is 0.399 e. The van der Waals surface area contributed by atoms with Crippen molar-refractivity contribution in [3.8, 4) is 0 Å². The van der Waals surface area contributed by atoms with Crippen molar-refractivity contribution in [1.29, 1.82) is 0 Å². The molecule has 2 saturated heterocycles. The number of rotatable bonds is 5. The Labute approximate surface area is 161 Å². The van der Waals surface area contributed by atoms with Gasteiger partial charge < -0.3 is 14.4 Å². The van der Waals surface area contributed by atoms with Gasteiger partial charge in [0.15, 0.2) is 0 Å². The van der Waals surface area contributed by atoms with E-state index in [4.69, 9.17) is 14.4 Å². The maximum Gasteiger partial charge on any atom is 0.498 e. The van der Waals surface area contributed by atoms with Crippen LogP contribution >= 0.6 is 0 Å². The summed E-state index contributed by atoms with van der Waals surface area (Å²) in [6.07, 6.45) is 4.29. The van der Waals surface area contributed by atoms with Crippen LogP contribution in [0.25, 0.3) is 0 Å². The molecule has 0 bridgehead atoms. The molecule has 10 heteroatoms. The highest BCUT2D eigenvalue weighted by Crippen LogP contribution is 2.36. The molecule has 0 amide bonds. The number of hydrogen-bond donors (Lipinski definition) is 1. The summed E-state index contributed by atoms with van der Waals surface area (Å²) in [5.74, 6) is 0. The number of sulfone groups is 1. The van der Waals surface area contributed by atoms with Crippen LogP contribution in [0.5, 0.6) is 0 Å². The van der Waals surface area contributed by atoms with Gasteiger partial charge >= 0.3 is 7.12 Å². The van der Waals surface area contributed by atoms with Crippen LogP contribution in [0, 0.1) is 0 Å². The molecular weight excluding hydrogens is 369 g/mol. The van der Waals surface area contributed by atoms with E-state index in [0.717, 1.165) is 13.0 Å². The van der Waals surface area contributed by atoms with Crippen molar-refractivity contribution in [2.24, 2.45) is 0 Å². The number of nitrogens with zero attached hydrogens (tertiary/aromatic N) is 3. The van der Waals surface area contributed by atoms with Gasteiger partial charge in [-0.3, -0.25) is 4.90 Å². The first-order valence-corrected chi connectivity index (χ1v) is 10.9. The van der Waals surface area contributed by atoms with E-state index in [1.165, 1.54) is 12.4 Å². The molecule has 1 aromatic rings. The van der Waals surface area contributed by atoms with E-state index in [1.54, 1.807) is 0 Å². The fourth-order valence-electron chi connectivity index (χ4n) is 3.33. The van der Waals surface area contributed by atoms with Gasteiger partial charge in [0.1, 0.15) is 0 Å². The number of hydrogen-bond acceptors (Lipinski definition) is 8. The first-order valence-electron chi connectivity index (χ1n) is 9.31. The molecule has 2 aliphatic heterocycles. The third-order valence-corrected chi connectivity index (χ3v) is 7.73. The zero-order valence-corrected chi connectivity index (χ0v) is 17.2. The monoisotopic (exact) mass is 397 g/mol. The lowest BCUT2D eigenvalue weighted by atomic mass is 9.81. The molecule has 27 heavy (non-hydrogen) atoms. The highest BCUT2D eigenvalue weighted by atomic mass is 32.2. The predicted molar refractivity (Wildman–Crippen MR) is 101 cm³/mol. The lowest BCUT2D eigenvalue weighted by molar-refractivity contribution is 0.00578. The van der Waals surface area contributed by atoms with Gasteiger partial charge in [-0.1, -0.05) is 0 Å². The summed E-state index contributed by atoms with van der Waals surface area (Å²) < 4.78 is 37.7. The van der Waals surface area contributed by atoms with Crippen LogP contribution in [-0.4, -0.2) is 78.2 Å². The number of β-amino-alcohol motifs (C(OH)–C–C–N with tert-alkyl or cyclic N) is 1. The molecule has 3 heterocycles. The third kappa shape index (κ3) is 4.05. The Kier molecular flexibility index (Phi) is 5.66. The van der Waals surface area contributed by atoms with Crippen molar-refractivity contribution in [1.82, 2.24) is 14.9 Å². The second kappa shape index (κ2) is 7.40. The quantitative estimate of drug-likeness (QED) is 0.548. The lowest BCUT2D eigenvalue weighted by Crippen LogP contribution is -2.44. The van der Waals surface area contributed by atoms with Crippen LogP contribution < -0.4 is 5.46 Å². The number of aromatic nitrogens is 2. The summed E-state index contributed by atoms with van der Waals surface area (Å²) in [5.41, 5.74) is -0.375. The molecule has 2 fully saturated rings. The van der Waals surface area contributed by atoms with Crippen LogP contribution in [0.1, 0.15) is 40.5 Å². The van der Waals surface area contributed by atoms with E-state index in [-0.39, 0.29) is 11.8 Å². The second-order valence-electron chi connectivity index (χ2n) is 8.22. The number of likely N-dealkylation sites (tertiary alicyclic amines) is 1. The molecule has 8 nitrogen and oxygen atoms in total. The Morgan fingerprint density at radius 3 is 2.37 bits per heavy atom. The van der Waals surface area contributed by atoms with Crippen molar-refractivity contribution in [3.05, 3.63) is 12.4 Å². The second-order valence-corrected chi connectivity index (χ2v) is 10.3. The van der Waals surface area contributed by atoms with Gasteiger partial charge in [0, 0.05) is 30.9 Å². The maximum atomic E-state index is 12.9. The van der Waals surface area contributed by atoms with E-state index < -0.39 is 33.4 Å². The third-order valence-electron chi connectivity index (χ3n) is 5.75. The van der Waals surface area contributed by atoms with Crippen molar-refractivity contribution >= 4 is 22.4 Å². The van der Waals surface area contributed by atoms with Gasteiger partial charge in [0.25, 0.3) is 0 Å². The van der Waals surface area contributed by atoms with Gasteiger partial charge in [0.2, 0.25) is 15.0 Å². The lowest BCUT2D eigenvalue weighted by Gasteiger charge is -2.32. The molecule has 150 valence electrons. The summed E-state index contributed by atoms with van der Waals surface area (Å²) in [6.45, 7) is 9.50. The summed E-state index contributed by atoms with van der Waals surface area (Å²) in [6, 6.07) is 0. The minimum absolute atomic E-state index is 0.0199. The number of aliphatic hydroxyl groups excluding tert-OH is 1. The molecule has 0 aromatic carbocycles. The van der Waals surface area contributed by atoms with Gasteiger partial charge in [-0.05, 0) is 47.1 Å². The SMILES string of the molecule is CC1(C)OB(c2cnc(S(=O)(=O)[C@@H]3CCCN(CCO)C3)nc2)OC1(C)C. The van der Waals surface area contributed by atoms with E-state index in [2.05, 4.69) is 9.97 Å². The van der Waals surface area contributed by atoms with Crippen molar-refractivity contribution in [2.45, 2.75) is 62.1 Å². The molecule has 0 saturated carbocycles. The largest absolute Gasteiger partial charge is 0.498 e. The van der Waals surface area contributed by atoms with Gasteiger partial charge in [-0.25, -0.2) is 18.4 Å². The Morgan fingerprint density at radius 1 is 1.22 bits per heavy atom. The van der Waals surface area contributed by atoms with Gasteiger partial charge in [-0.15, -0.1) is 0 Å². The van der Waals surface area contributed by atoms with E-state index >= 15 is 0 Å². The first kappa shape index (κ1) is 20.7. The fraction of sp³-hybridized carbons (Fsp3) is 0.765. The Morgan fingerprint density at radius 2 is 1.81 bits per heavy atom. The van der Waals surface area contributed by atoms with Crippen LogP contribution in [0.2, 0.25) is 0 Å². The summed E-state index contributed by atoms with van der Waals surface area (Å²) in [5, 5.41) is 8.37. The van der Waals surface area contributed by atoms with E-state index in [0.29, 0.717) is 25.0 Å². The number of piperidine rings is 1. The molecule has 0 radical (unpaired) electrons. The van der Waals surface area contributed by atoms with Crippen molar-refractivity contribution < 1.29 is 22.8 Å². The highest BCUT2D eigenvalue weighted by molar-refractivity contribution is 7.91. The highest BCUT2D eigenvalue weighted by Gasteiger charge is 2.52. The van der Waals surface area contributed by atoms with Crippen LogP contribution in [-0.2, 0) is 19.1 Å². The normalized spacial score (nSPS) is 25.7. The molecule has 0 unspecified atom stereocenters. The van der Waals surface area contributed by atoms with E-state index in [1.807, 2.05) is 32.6 Å². The molecule has 0 aliphatic carbocycles. The molecule has 1 atom stereocenters. The van der Waals surface area contributed by atoms with Crippen LogP contribution in [0.4, 0.5) is 0 Å². The number of aliphatic hydroxyl groups is 1. The summed E-state index contributed by atoms with van der Waals surface area (Å²) in [7, 11) is -4.25. The molecule has 2 aliphatic rings. The van der Waals surface area contributed by atoms with Crippen molar-refractivity contribution in [2.75, 3.05) is 26.2 Å². The predicted octanol–water partition coefficient (Wildman–Crippen LogP) is 0.00620. The minimum Gasteiger partial charge on any atom is -0.399 e. The molecule has 0 spiro atoms. The topological polar surface area (TPSA) is 102 Å². The standard InChI is InChI=1S/C17H28BN3O5S/c1-16(2)17(3,4)26-18(25-16)13-10-19-15(20-11-13)27(23,24)14-6-5-7-21(12-14)8-9-22/h10-11,14,22H,5-9,12H2,1-4H3/t14-/m1/s1. The Balaban J connectivity index is 1.75. The van der Waals surface area contributed by atoms with Crippen molar-refractivity contribution in [3.63, 3.8) is 0 Å². The summed E-state index contributed by atoms with van der Waals surface area (Å²) >= 11 is 0. The average Bonchev–Trinajstić information content (AvgIpc) is 2.83. The zero-order chi connectivity index (χ0) is 19.9. The van der Waals surface area contributed by atoms with Crippen LogP contribution in [0.15, 0.2) is 17.6 Å². The molecular formula is C17H28BN3O5S. The molecule has 1 N–H and O–H groups in total. The Hall–Kier alpha value is -1.07. The summed E-state index contributed by atoms with van der Waals surface area (Å²) in [4.78, 5) is 10.2. The van der Waals surface area contributed by atoms with Gasteiger partial charge in [-0.2, -0.15) is 0 Å². The Bertz CT molecular complexity index is 751. The molecule has 3 rings (SSSR count). The fourth-order valence-corrected chi connectivity index (χ4v) is 4.92. The first-order chi connectivity index (χ1) is 12.6. The molecule has 1 aromatic heterocycles. The van der Waals surface area contributed by atoms with E-state index in [9.17, 15) is 8.42 Å². The van der Waals surface area contributed by atoms with Crippen LogP contribution in [0.3, 0.4) is 0 Å². The van der Waals surface area contributed by atoms with Gasteiger partial charge in [0.05, 0.1) is 23.1 Å². The minimum atomic E-state index is -3.63.